The first-order valence-corrected chi connectivity index (χ1v) is 16.1. The van der Waals surface area contributed by atoms with Crippen LogP contribution in [0.15, 0.2) is 54.6 Å². The summed E-state index contributed by atoms with van der Waals surface area (Å²) in [7, 11) is 0. The Morgan fingerprint density at radius 1 is 0.830 bits per heavy atom. The molecule has 2 aliphatic rings. The Labute approximate surface area is 277 Å². The molecule has 256 valence electrons. The standard InChI is InChI=1S/C35H48N4O8/c1-34(2,3)46-32(42)36-21-30(40)37-25-20-29(39(22-25)33(43)47-35(4,5)6)31(41)38-18-16-28(17-19-38)45-27-14-12-26(13-15-27)44-23-24-10-8-7-9-11-24/h7-15,25,28-29H,16-23H2,1-6H3,(H,36,42)(H,37,40)/t25?,29-/m1/s1. The fourth-order valence-electron chi connectivity index (χ4n) is 5.39. The van der Waals surface area contributed by atoms with E-state index in [-0.39, 0.29) is 31.5 Å². The molecule has 2 N–H and O–H groups in total. The minimum atomic E-state index is -0.796. The zero-order chi connectivity index (χ0) is 34.2. The Bertz CT molecular complexity index is 1360. The van der Waals surface area contributed by atoms with Crippen molar-refractivity contribution >= 4 is 24.0 Å². The number of carbonyl (C=O) groups excluding carboxylic acids is 4. The molecule has 4 amide bonds. The fourth-order valence-corrected chi connectivity index (χ4v) is 5.39. The van der Waals surface area contributed by atoms with Crippen LogP contribution in [0.5, 0.6) is 11.5 Å². The van der Waals surface area contributed by atoms with E-state index >= 15 is 0 Å². The van der Waals surface area contributed by atoms with Gasteiger partial charge in [-0.05, 0) is 77.8 Å². The second kappa shape index (κ2) is 15.4. The summed E-state index contributed by atoms with van der Waals surface area (Å²) in [5.74, 6) is 0.833. The average molecular weight is 653 g/mol. The van der Waals surface area contributed by atoms with Crippen LogP contribution in [-0.2, 0) is 25.7 Å². The van der Waals surface area contributed by atoms with Crippen LogP contribution in [0.25, 0.3) is 0 Å². The van der Waals surface area contributed by atoms with E-state index in [9.17, 15) is 19.2 Å². The smallest absolute Gasteiger partial charge is 0.411 e. The maximum atomic E-state index is 13.8. The molecule has 2 aliphatic heterocycles. The van der Waals surface area contributed by atoms with Crippen molar-refractivity contribution in [1.29, 1.82) is 0 Å². The lowest BCUT2D eigenvalue weighted by atomic mass is 10.0. The van der Waals surface area contributed by atoms with Crippen molar-refractivity contribution in [3.8, 4) is 11.5 Å². The lowest BCUT2D eigenvalue weighted by molar-refractivity contribution is -0.137. The van der Waals surface area contributed by atoms with Gasteiger partial charge in [0.1, 0.15) is 48.0 Å². The Kier molecular flexibility index (Phi) is 11.6. The molecule has 12 heteroatoms. The minimum absolute atomic E-state index is 0.0646. The van der Waals surface area contributed by atoms with Crippen LogP contribution in [-0.4, -0.2) is 89.4 Å². The normalized spacial score (nSPS) is 18.7. The molecule has 2 saturated heterocycles. The Morgan fingerprint density at radius 2 is 1.45 bits per heavy atom. The zero-order valence-electron chi connectivity index (χ0n) is 28.2. The molecule has 2 fully saturated rings. The van der Waals surface area contributed by atoms with Crippen LogP contribution in [0.3, 0.4) is 0 Å². The number of amides is 4. The Morgan fingerprint density at radius 3 is 2.06 bits per heavy atom. The van der Waals surface area contributed by atoms with Gasteiger partial charge in [0.05, 0.1) is 0 Å². The minimum Gasteiger partial charge on any atom is -0.490 e. The third-order valence-electron chi connectivity index (χ3n) is 7.50. The van der Waals surface area contributed by atoms with Gasteiger partial charge < -0.3 is 34.5 Å². The molecule has 0 aromatic heterocycles. The number of piperidine rings is 1. The van der Waals surface area contributed by atoms with Gasteiger partial charge in [-0.3, -0.25) is 14.5 Å². The summed E-state index contributed by atoms with van der Waals surface area (Å²) in [6.45, 7) is 11.7. The van der Waals surface area contributed by atoms with Gasteiger partial charge in [-0.15, -0.1) is 0 Å². The van der Waals surface area contributed by atoms with Crippen LogP contribution in [0.2, 0.25) is 0 Å². The number of carbonyl (C=O) groups is 4. The number of nitrogens with zero attached hydrogens (tertiary/aromatic N) is 2. The van der Waals surface area contributed by atoms with E-state index < -0.39 is 41.4 Å². The van der Waals surface area contributed by atoms with Gasteiger partial charge in [-0.1, -0.05) is 30.3 Å². The van der Waals surface area contributed by atoms with Gasteiger partial charge in [0.15, 0.2) is 0 Å². The quantitative estimate of drug-likeness (QED) is 0.400. The van der Waals surface area contributed by atoms with Crippen LogP contribution in [0.1, 0.15) is 66.4 Å². The predicted molar refractivity (Wildman–Crippen MR) is 175 cm³/mol. The second-order valence-electron chi connectivity index (χ2n) is 13.9. The van der Waals surface area contributed by atoms with E-state index in [1.807, 2.05) is 54.6 Å². The highest BCUT2D eigenvalue weighted by Crippen LogP contribution is 2.27. The van der Waals surface area contributed by atoms with Crippen molar-refractivity contribution in [3.05, 3.63) is 60.2 Å². The average Bonchev–Trinajstić information content (AvgIpc) is 3.42. The largest absolute Gasteiger partial charge is 0.490 e. The molecule has 0 bridgehead atoms. The number of alkyl carbamates (subject to hydrolysis) is 1. The SMILES string of the molecule is CC(C)(C)OC(=O)NCC(=O)NC1C[C@H](C(=O)N2CCC(Oc3ccc(OCc4ccccc4)cc3)CC2)N(C(=O)OC(C)(C)C)C1. The lowest BCUT2D eigenvalue weighted by Gasteiger charge is -2.35. The van der Waals surface area contributed by atoms with Crippen LogP contribution >= 0.6 is 0 Å². The molecule has 2 aromatic rings. The van der Waals surface area contributed by atoms with Gasteiger partial charge >= 0.3 is 12.2 Å². The van der Waals surface area contributed by atoms with E-state index in [1.54, 1.807) is 46.4 Å². The molecule has 0 radical (unpaired) electrons. The zero-order valence-corrected chi connectivity index (χ0v) is 28.2. The number of benzene rings is 2. The molecule has 4 rings (SSSR count). The monoisotopic (exact) mass is 652 g/mol. The molecule has 0 spiro atoms. The van der Waals surface area contributed by atoms with Gasteiger partial charge in [-0.25, -0.2) is 9.59 Å². The summed E-state index contributed by atoms with van der Waals surface area (Å²) in [6, 6.07) is 16.2. The molecule has 2 atom stereocenters. The highest BCUT2D eigenvalue weighted by atomic mass is 16.6. The van der Waals surface area contributed by atoms with Crippen molar-refractivity contribution in [3.63, 3.8) is 0 Å². The predicted octanol–water partition coefficient (Wildman–Crippen LogP) is 4.65. The second-order valence-corrected chi connectivity index (χ2v) is 13.9. The summed E-state index contributed by atoms with van der Waals surface area (Å²) in [5, 5.41) is 5.26. The van der Waals surface area contributed by atoms with Crippen molar-refractivity contribution in [2.45, 2.75) is 96.8 Å². The number of rotatable bonds is 9. The van der Waals surface area contributed by atoms with Gasteiger partial charge in [0, 0.05) is 38.5 Å². The molecule has 12 nitrogen and oxygen atoms in total. The number of nitrogens with one attached hydrogen (secondary N) is 2. The van der Waals surface area contributed by atoms with E-state index in [0.29, 0.717) is 32.5 Å². The molecular formula is C35H48N4O8. The number of hydrogen-bond acceptors (Lipinski definition) is 8. The number of likely N-dealkylation sites (tertiary alicyclic amines) is 2. The number of hydrogen-bond donors (Lipinski definition) is 2. The van der Waals surface area contributed by atoms with Crippen LogP contribution < -0.4 is 20.1 Å². The molecule has 47 heavy (non-hydrogen) atoms. The van der Waals surface area contributed by atoms with E-state index in [1.165, 1.54) is 4.90 Å². The summed E-state index contributed by atoms with van der Waals surface area (Å²) >= 11 is 0. The highest BCUT2D eigenvalue weighted by Gasteiger charge is 2.44. The van der Waals surface area contributed by atoms with Gasteiger partial charge in [0.2, 0.25) is 11.8 Å². The van der Waals surface area contributed by atoms with Gasteiger partial charge in [-0.2, -0.15) is 0 Å². The molecule has 2 heterocycles. The first-order chi connectivity index (χ1) is 22.1. The maximum Gasteiger partial charge on any atom is 0.411 e. The summed E-state index contributed by atoms with van der Waals surface area (Å²) in [6.07, 6.45) is 0.103. The summed E-state index contributed by atoms with van der Waals surface area (Å²) in [5.41, 5.74) is -0.364. The first-order valence-electron chi connectivity index (χ1n) is 16.1. The summed E-state index contributed by atoms with van der Waals surface area (Å²) in [4.78, 5) is 54.6. The third-order valence-corrected chi connectivity index (χ3v) is 7.50. The summed E-state index contributed by atoms with van der Waals surface area (Å²) < 4.78 is 22.8. The van der Waals surface area contributed by atoms with Crippen molar-refractivity contribution in [1.82, 2.24) is 20.4 Å². The van der Waals surface area contributed by atoms with E-state index in [4.69, 9.17) is 18.9 Å². The molecular weight excluding hydrogens is 604 g/mol. The van der Waals surface area contributed by atoms with Crippen molar-refractivity contribution in [2.75, 3.05) is 26.2 Å². The topological polar surface area (TPSA) is 136 Å². The molecule has 0 aliphatic carbocycles. The third kappa shape index (κ3) is 11.4. The van der Waals surface area contributed by atoms with Crippen LogP contribution in [0.4, 0.5) is 9.59 Å². The van der Waals surface area contributed by atoms with Crippen molar-refractivity contribution < 1.29 is 38.1 Å². The van der Waals surface area contributed by atoms with E-state index in [2.05, 4.69) is 10.6 Å². The Balaban J connectivity index is 1.29. The molecule has 1 unspecified atom stereocenters. The van der Waals surface area contributed by atoms with Crippen LogP contribution in [0, 0.1) is 0 Å². The highest BCUT2D eigenvalue weighted by molar-refractivity contribution is 5.87. The van der Waals surface area contributed by atoms with Gasteiger partial charge in [0.25, 0.3) is 0 Å². The lowest BCUT2D eigenvalue weighted by Crippen LogP contribution is -2.51. The Hall–Kier alpha value is -4.48. The number of ether oxygens (including phenoxy) is 4. The maximum absolute atomic E-state index is 13.8. The van der Waals surface area contributed by atoms with Crippen molar-refractivity contribution in [2.24, 2.45) is 0 Å². The van der Waals surface area contributed by atoms with E-state index in [0.717, 1.165) is 17.1 Å². The fraction of sp³-hybridized carbons (Fsp3) is 0.543. The molecule has 2 aromatic carbocycles. The molecule has 0 saturated carbocycles. The first kappa shape index (κ1) is 35.4.